The molecule has 0 fully saturated rings. The van der Waals surface area contributed by atoms with E-state index in [-0.39, 0.29) is 12.8 Å². The summed E-state index contributed by atoms with van der Waals surface area (Å²) in [6, 6.07) is -0.522. The Bertz CT molecular complexity index is 325. The van der Waals surface area contributed by atoms with Crippen LogP contribution in [0, 0.1) is 0 Å². The maximum Gasteiger partial charge on any atom is 0.324 e. The first-order valence-corrected chi connectivity index (χ1v) is 5.31. The van der Waals surface area contributed by atoms with Gasteiger partial charge in [-0.15, -0.1) is 0 Å². The summed E-state index contributed by atoms with van der Waals surface area (Å²) < 4.78 is 0. The fourth-order valence-corrected chi connectivity index (χ4v) is 1.13. The summed E-state index contributed by atoms with van der Waals surface area (Å²) in [7, 11) is 0. The number of imide groups is 1. The lowest BCUT2D eigenvalue weighted by atomic mass is 10.3. The maximum atomic E-state index is 11.6. The van der Waals surface area contributed by atoms with Crippen LogP contribution in [-0.2, 0) is 9.59 Å². The summed E-state index contributed by atoms with van der Waals surface area (Å²) in [5, 5.41) is 10.5. The quantitative estimate of drug-likeness (QED) is 0.680. The largest absolute Gasteiger partial charge is 0.481 e. The Morgan fingerprint density at radius 3 is 2.29 bits per heavy atom. The molecule has 0 atom stereocenters. The first kappa shape index (κ1) is 15.2. The Kier molecular flexibility index (Phi) is 6.62. The average molecular weight is 242 g/mol. The first-order chi connectivity index (χ1) is 7.86. The zero-order valence-corrected chi connectivity index (χ0v) is 10.2. The van der Waals surface area contributed by atoms with Gasteiger partial charge in [0, 0.05) is 19.5 Å². The van der Waals surface area contributed by atoms with Crippen molar-refractivity contribution in [1.82, 2.24) is 10.2 Å². The molecule has 0 aromatic heterocycles. The highest BCUT2D eigenvalue weighted by Crippen LogP contribution is 1.97. The summed E-state index contributed by atoms with van der Waals surface area (Å²) in [6.45, 7) is 8.06. The molecule has 0 unspecified atom stereocenters. The van der Waals surface area contributed by atoms with E-state index in [1.165, 1.54) is 4.90 Å². The topological polar surface area (TPSA) is 86.7 Å². The van der Waals surface area contributed by atoms with Crippen LogP contribution >= 0.6 is 0 Å². The number of carbonyl (C=O) groups is 3. The highest BCUT2D eigenvalue weighted by molar-refractivity contribution is 5.95. The van der Waals surface area contributed by atoms with E-state index < -0.39 is 17.9 Å². The second-order valence-corrected chi connectivity index (χ2v) is 3.72. The molecule has 2 N–H and O–H groups in total. The van der Waals surface area contributed by atoms with Gasteiger partial charge in [0.1, 0.15) is 0 Å². The first-order valence-electron chi connectivity index (χ1n) is 5.31. The van der Waals surface area contributed by atoms with Gasteiger partial charge < -0.3 is 10.0 Å². The molecule has 0 aliphatic rings. The molecule has 0 heterocycles. The van der Waals surface area contributed by atoms with Crippen molar-refractivity contribution in [3.63, 3.8) is 0 Å². The van der Waals surface area contributed by atoms with E-state index in [1.807, 2.05) is 0 Å². The van der Waals surface area contributed by atoms with E-state index in [0.29, 0.717) is 13.1 Å². The Balaban J connectivity index is 4.17. The number of likely N-dealkylation sites (N-methyl/N-ethyl adjacent to an activating group) is 1. The average Bonchev–Trinajstić information content (AvgIpc) is 2.22. The fourth-order valence-electron chi connectivity index (χ4n) is 1.13. The Hall–Kier alpha value is -1.85. The number of nitrogens with zero attached hydrogens (tertiary/aromatic N) is 1. The van der Waals surface area contributed by atoms with Gasteiger partial charge in [-0.1, -0.05) is 12.2 Å². The van der Waals surface area contributed by atoms with Crippen molar-refractivity contribution >= 4 is 17.9 Å². The van der Waals surface area contributed by atoms with Crippen LogP contribution in [0.1, 0.15) is 26.7 Å². The maximum absolute atomic E-state index is 11.6. The van der Waals surface area contributed by atoms with Crippen LogP contribution in [0.15, 0.2) is 12.2 Å². The van der Waals surface area contributed by atoms with Gasteiger partial charge in [0.25, 0.3) is 0 Å². The lowest BCUT2D eigenvalue weighted by Gasteiger charge is -2.20. The molecule has 0 saturated carbocycles. The van der Waals surface area contributed by atoms with Crippen molar-refractivity contribution in [2.45, 2.75) is 26.7 Å². The van der Waals surface area contributed by atoms with Crippen LogP contribution in [0.5, 0.6) is 0 Å². The van der Waals surface area contributed by atoms with Crippen LogP contribution in [0.25, 0.3) is 0 Å². The molecule has 0 aromatic carbocycles. The molecule has 6 nitrogen and oxygen atoms in total. The predicted octanol–water partition coefficient (Wildman–Crippen LogP) is 0.985. The van der Waals surface area contributed by atoms with E-state index in [9.17, 15) is 14.4 Å². The summed E-state index contributed by atoms with van der Waals surface area (Å²) >= 11 is 0. The molecule has 0 saturated heterocycles. The predicted molar refractivity (Wildman–Crippen MR) is 62.5 cm³/mol. The van der Waals surface area contributed by atoms with Crippen LogP contribution in [0.4, 0.5) is 4.79 Å². The van der Waals surface area contributed by atoms with Gasteiger partial charge in [-0.25, -0.2) is 4.79 Å². The third-order valence-corrected chi connectivity index (χ3v) is 1.94. The molecule has 0 aliphatic carbocycles. The van der Waals surface area contributed by atoms with E-state index in [1.54, 1.807) is 13.8 Å². The highest BCUT2D eigenvalue weighted by atomic mass is 16.4. The minimum atomic E-state index is -1.07. The molecule has 0 aromatic rings. The number of carbonyl (C=O) groups excluding carboxylic acids is 2. The molecular formula is C11H18N2O4. The summed E-state index contributed by atoms with van der Waals surface area (Å²) in [5.41, 5.74) is 0.806. The molecule has 0 spiro atoms. The Morgan fingerprint density at radius 1 is 1.29 bits per heavy atom. The Morgan fingerprint density at radius 2 is 1.88 bits per heavy atom. The lowest BCUT2D eigenvalue weighted by Crippen LogP contribution is -2.43. The van der Waals surface area contributed by atoms with Gasteiger partial charge in [0.2, 0.25) is 5.91 Å². The number of hydrogen-bond donors (Lipinski definition) is 2. The molecular weight excluding hydrogens is 224 g/mol. The van der Waals surface area contributed by atoms with E-state index in [0.717, 1.165) is 5.57 Å². The van der Waals surface area contributed by atoms with Gasteiger partial charge >= 0.3 is 12.0 Å². The molecule has 96 valence electrons. The summed E-state index contributed by atoms with van der Waals surface area (Å²) in [5.74, 6) is -1.65. The van der Waals surface area contributed by atoms with Gasteiger partial charge in [-0.05, 0) is 13.8 Å². The molecule has 0 bridgehead atoms. The number of urea groups is 1. The smallest absolute Gasteiger partial charge is 0.324 e. The van der Waals surface area contributed by atoms with Crippen molar-refractivity contribution in [2.75, 3.05) is 13.1 Å². The fraction of sp³-hybridized carbons (Fsp3) is 0.545. The second-order valence-electron chi connectivity index (χ2n) is 3.72. The molecule has 6 heteroatoms. The van der Waals surface area contributed by atoms with Crippen molar-refractivity contribution in [3.05, 3.63) is 12.2 Å². The zero-order chi connectivity index (χ0) is 13.4. The minimum Gasteiger partial charge on any atom is -0.481 e. The minimum absolute atomic E-state index is 0.203. The molecule has 0 rings (SSSR count). The number of aliphatic carboxylic acids is 1. The SMILES string of the molecule is C=C(C)CN(CC)C(=O)NC(=O)CCC(=O)O. The van der Waals surface area contributed by atoms with E-state index >= 15 is 0 Å². The monoisotopic (exact) mass is 242 g/mol. The third kappa shape index (κ3) is 7.10. The van der Waals surface area contributed by atoms with Crippen LogP contribution < -0.4 is 5.32 Å². The highest BCUT2D eigenvalue weighted by Gasteiger charge is 2.15. The molecule has 0 aliphatic heterocycles. The second kappa shape index (κ2) is 7.43. The van der Waals surface area contributed by atoms with E-state index in [4.69, 9.17) is 5.11 Å². The number of amides is 3. The van der Waals surface area contributed by atoms with Crippen LogP contribution in [0.2, 0.25) is 0 Å². The normalized spacial score (nSPS) is 9.53. The zero-order valence-electron chi connectivity index (χ0n) is 10.2. The van der Waals surface area contributed by atoms with Crippen LogP contribution in [0.3, 0.4) is 0 Å². The summed E-state index contributed by atoms with van der Waals surface area (Å²) in [4.78, 5) is 34.4. The number of rotatable bonds is 6. The summed E-state index contributed by atoms with van der Waals surface area (Å²) in [6.07, 6.45) is -0.489. The molecule has 0 radical (unpaired) electrons. The van der Waals surface area contributed by atoms with Crippen molar-refractivity contribution in [1.29, 1.82) is 0 Å². The van der Waals surface area contributed by atoms with Crippen LogP contribution in [-0.4, -0.2) is 41.0 Å². The van der Waals surface area contributed by atoms with Crippen molar-refractivity contribution < 1.29 is 19.5 Å². The number of hydrogen-bond acceptors (Lipinski definition) is 3. The van der Waals surface area contributed by atoms with E-state index in [2.05, 4.69) is 11.9 Å². The standard InChI is InChI=1S/C11H18N2O4/c1-4-13(7-8(2)3)11(17)12-9(14)5-6-10(15)16/h2,4-7H2,1,3H3,(H,15,16)(H,12,14,17). The van der Waals surface area contributed by atoms with Gasteiger partial charge in [0.05, 0.1) is 6.42 Å². The Labute approximate surface area is 100 Å². The van der Waals surface area contributed by atoms with Gasteiger partial charge in [-0.2, -0.15) is 0 Å². The molecule has 17 heavy (non-hydrogen) atoms. The van der Waals surface area contributed by atoms with Gasteiger partial charge in [0.15, 0.2) is 0 Å². The lowest BCUT2D eigenvalue weighted by molar-refractivity contribution is -0.138. The third-order valence-electron chi connectivity index (χ3n) is 1.94. The molecule has 3 amide bonds. The number of nitrogens with one attached hydrogen (secondary N) is 1. The number of carboxylic acid groups (broad SMARTS) is 1. The van der Waals surface area contributed by atoms with Crippen molar-refractivity contribution in [3.8, 4) is 0 Å². The number of carboxylic acids is 1. The van der Waals surface area contributed by atoms with Crippen molar-refractivity contribution in [2.24, 2.45) is 0 Å². The van der Waals surface area contributed by atoms with Gasteiger partial charge in [-0.3, -0.25) is 14.9 Å².